The molecular formula is C106H203N9O9S3. The molecule has 1 aliphatic heterocycles. The van der Waals surface area contributed by atoms with Crippen LogP contribution in [-0.4, -0.2) is 111 Å². The highest BCUT2D eigenvalue weighted by Gasteiger charge is 2.37. The maximum atomic E-state index is 12.1. The molecule has 0 atom stereocenters. The van der Waals surface area contributed by atoms with Crippen molar-refractivity contribution >= 4 is 97.8 Å². The highest BCUT2D eigenvalue weighted by Crippen LogP contribution is 2.37. The molecule has 0 aliphatic carbocycles. The molecule has 2 aromatic rings. The molecule has 0 fully saturated rings. The average Bonchev–Trinajstić information content (AvgIpc) is 1.70. The van der Waals surface area contributed by atoms with Crippen molar-refractivity contribution in [3.63, 3.8) is 0 Å². The van der Waals surface area contributed by atoms with Crippen molar-refractivity contribution in [2.45, 2.75) is 489 Å². The lowest BCUT2D eigenvalue weighted by Crippen LogP contribution is -2.51. The van der Waals surface area contributed by atoms with Crippen LogP contribution in [-0.2, 0) is 34.8 Å². The van der Waals surface area contributed by atoms with E-state index in [2.05, 4.69) is 239 Å². The van der Waals surface area contributed by atoms with Crippen molar-refractivity contribution in [2.75, 3.05) is 19.6 Å². The molecule has 18 nitrogen and oxygen atoms in total. The number of hydrogen-bond donors (Lipinski definition) is 7. The van der Waals surface area contributed by atoms with Gasteiger partial charge < -0.3 is 37.2 Å². The van der Waals surface area contributed by atoms with Crippen molar-refractivity contribution in [1.29, 1.82) is 0 Å². The molecule has 1 aromatic heterocycles. The van der Waals surface area contributed by atoms with E-state index in [1.807, 2.05) is 187 Å². The van der Waals surface area contributed by atoms with Crippen LogP contribution in [0.4, 0.5) is 0 Å². The zero-order valence-corrected chi connectivity index (χ0v) is 95.2. The topological polar surface area (TPSA) is 263 Å². The second-order valence-electron chi connectivity index (χ2n) is 54.5. The molecule has 0 saturated carbocycles. The lowest BCUT2D eigenvalue weighted by molar-refractivity contribution is -0.131. The molecule has 744 valence electrons. The molecule has 7 N–H and O–H groups in total. The summed E-state index contributed by atoms with van der Waals surface area (Å²) in [6.07, 6.45) is 10.4. The van der Waals surface area contributed by atoms with Crippen LogP contribution in [0.5, 0.6) is 0 Å². The minimum atomic E-state index is -0.400. The molecule has 2 heterocycles. The van der Waals surface area contributed by atoms with E-state index in [4.69, 9.17) is 12.2 Å². The van der Waals surface area contributed by atoms with Gasteiger partial charge in [-0.3, -0.25) is 43.2 Å². The van der Waals surface area contributed by atoms with E-state index in [0.717, 1.165) is 73.0 Å². The molecule has 0 saturated heterocycles. The summed E-state index contributed by atoms with van der Waals surface area (Å²) in [5.74, 6) is 4.39. The van der Waals surface area contributed by atoms with Gasteiger partial charge in [-0.05, 0) is 208 Å². The number of thiocarbonyl (C=S) groups is 1. The summed E-state index contributed by atoms with van der Waals surface area (Å²) in [7, 11) is -0.400. The second kappa shape index (κ2) is 53.1. The number of Topliss-reactive ketones (excluding diaryl/α,β-unsaturated/α-hetero) is 3. The first-order valence-corrected chi connectivity index (χ1v) is 49.2. The minimum absolute atomic E-state index is 0.0172. The summed E-state index contributed by atoms with van der Waals surface area (Å²) in [6.45, 7) is 115. The van der Waals surface area contributed by atoms with E-state index < -0.39 is 10.9 Å². The number of amides is 4. The van der Waals surface area contributed by atoms with Crippen LogP contribution in [0, 0.1) is 59.6 Å². The van der Waals surface area contributed by atoms with Crippen LogP contribution in [0.1, 0.15) is 481 Å². The van der Waals surface area contributed by atoms with Crippen molar-refractivity contribution in [2.24, 2.45) is 68.4 Å². The maximum Gasteiger partial charge on any atom is 0.230 e. The Morgan fingerprint density at radius 2 is 0.630 bits per heavy atom. The third-order valence-electron chi connectivity index (χ3n) is 16.8. The number of nitrogens with zero attached hydrogens (tertiary/aromatic N) is 2. The van der Waals surface area contributed by atoms with Crippen LogP contribution in [0.2, 0.25) is 0 Å². The van der Waals surface area contributed by atoms with Gasteiger partial charge in [-0.2, -0.15) is 0 Å². The zero-order valence-electron chi connectivity index (χ0n) is 92.8. The Morgan fingerprint density at radius 1 is 0.346 bits per heavy atom. The minimum Gasteiger partial charge on any atom is -0.358 e. The number of thiophene rings is 1. The molecule has 127 heavy (non-hydrogen) atoms. The van der Waals surface area contributed by atoms with Gasteiger partial charge in [0.1, 0.15) is 12.2 Å². The first kappa shape index (κ1) is 133. The Bertz CT molecular complexity index is 3650. The lowest BCUT2D eigenvalue weighted by Gasteiger charge is -2.30. The van der Waals surface area contributed by atoms with Crippen LogP contribution >= 0.6 is 34.4 Å². The van der Waals surface area contributed by atoms with Crippen molar-refractivity contribution in [3.05, 3.63) is 53.5 Å². The SMILES string of the molecule is C=S1N=C(C(C)(C)C)C(C(C)(C)C)=N1.CC(C)(C)CC(=O)c1ccc(C(=O)CC(C)(C)C)s1.CC(C)(C)CCCCC(=O)NC(C)(C)C.CC(C)(C)CCCCCC(=O)C(C)(C)C.CC(C)(C)CNC(=O)C(C)(C)C.CC(C)(C)CNCC(C)(C)C.CC(C)(C)NC(=O)CC(=O)NC(C)(C)C.CC(C)(C)NC(=S)NC(C)(C)C.CC(C)(C)c1c(C(C)(C)C)c(=O)c1=O. The van der Waals surface area contributed by atoms with E-state index in [9.17, 15) is 43.2 Å². The Morgan fingerprint density at radius 3 is 0.874 bits per heavy atom. The molecule has 0 radical (unpaired) electrons. The summed E-state index contributed by atoms with van der Waals surface area (Å²) in [5.41, 5.74) is 3.58. The first-order chi connectivity index (χ1) is 55.3. The molecule has 21 heteroatoms. The third-order valence-corrected chi connectivity index (χ3v) is 19.0. The summed E-state index contributed by atoms with van der Waals surface area (Å²) < 4.78 is 9.07. The molecule has 0 bridgehead atoms. The van der Waals surface area contributed by atoms with Crippen LogP contribution < -0.4 is 48.1 Å². The highest BCUT2D eigenvalue weighted by molar-refractivity contribution is 8.12. The van der Waals surface area contributed by atoms with Gasteiger partial charge in [0.2, 0.25) is 34.5 Å². The summed E-state index contributed by atoms with van der Waals surface area (Å²) in [6, 6.07) is 3.57. The molecule has 3 rings (SSSR count). The fraction of sp³-hybridized carbons (Fsp3) is 0.821. The van der Waals surface area contributed by atoms with Gasteiger partial charge in [-0.15, -0.1) is 11.3 Å². The number of unbranched alkanes of at least 4 members (excludes halogenated alkanes) is 3. The fourth-order valence-electron chi connectivity index (χ4n) is 11.0. The number of carbonyl (C=O) groups excluding carboxylic acids is 7. The number of carbonyl (C=O) groups is 7. The van der Waals surface area contributed by atoms with Crippen LogP contribution in [0.15, 0.2) is 30.5 Å². The maximum absolute atomic E-state index is 12.1. The fourth-order valence-corrected chi connectivity index (χ4v) is 13.7. The normalized spacial score (nSPS) is 13.6. The zero-order chi connectivity index (χ0) is 103. The number of rotatable bonds is 18. The van der Waals surface area contributed by atoms with Crippen LogP contribution in [0.3, 0.4) is 0 Å². The lowest BCUT2D eigenvalue weighted by atomic mass is 9.71. The largest absolute Gasteiger partial charge is 0.358 e. The monoisotopic (exact) mass is 1840 g/mol. The van der Waals surface area contributed by atoms with Gasteiger partial charge in [0.25, 0.3) is 0 Å². The quantitative estimate of drug-likeness (QED) is 0.0241. The Kier molecular flexibility index (Phi) is 55.4. The number of nitrogens with one attached hydrogen (secondary N) is 7. The number of hydrogen-bond acceptors (Lipinski definition) is 14. The first-order valence-electron chi connectivity index (χ1n) is 46.6. The summed E-state index contributed by atoms with van der Waals surface area (Å²) in [4.78, 5) is 106. The molecule has 0 unspecified atom stereocenters. The predicted octanol–water partition coefficient (Wildman–Crippen LogP) is 26.6. The van der Waals surface area contributed by atoms with Gasteiger partial charge in [0.05, 0.1) is 21.2 Å². The number of ketones is 3. The smallest absolute Gasteiger partial charge is 0.230 e. The van der Waals surface area contributed by atoms with E-state index in [0.29, 0.717) is 56.5 Å². The van der Waals surface area contributed by atoms with Gasteiger partial charge in [-0.25, -0.2) is 8.80 Å². The van der Waals surface area contributed by atoms with Gasteiger partial charge in [0, 0.05) is 117 Å². The Hall–Kier alpha value is -5.12. The molecule has 0 spiro atoms. The molecular weight excluding hydrogens is 1640 g/mol. The Labute approximate surface area is 794 Å². The standard InChI is InChI=1S/C16H24O2S.C14H28O.C13H27NO.C12H18O2.C11H22N2O2.C11H20N2S.C10H21NO.C10H23N.C9H20N2S/c1-15(2,3)9-11(17)13-7-8-14(19-13)12(18)10-16(4,5)6;1-13(2,3)11-9-7-8-10-12(15)14(4,5)6;1-12(2,3)10-8-7-9-11(15)14-13(4,5)6;1-11(2,3)7-8(12(4,5)6)10(14)9(7)13;1-10(2,3)12-8(14)7-9(15)13-11(4,5)6;1-10(2,3)8-9(11(4,5)6)13-14(7)12-8;1-9(2,3)7-11-8(12)10(4,5)6;1-9(2,3)7-11-8-10(4,5)6;1-8(2,3)10-7(12)11-9(4,5)6/h7-8H,9-10H2,1-6H3;7-11H2,1-6H3;7-10H2,1-6H3,(H,14,15);1-6H3;7H2,1-6H3,(H,12,14)(H,13,15);7H2,1-6H3;7H2,1-6H3,(H,11,12);11H,7-8H2,1-6H3;1-6H3,(H2,10,11,12). The van der Waals surface area contributed by atoms with Gasteiger partial charge in [0.15, 0.2) is 16.7 Å². The van der Waals surface area contributed by atoms with Gasteiger partial charge in [-0.1, -0.05) is 289 Å². The average molecular weight is 1840 g/mol. The van der Waals surface area contributed by atoms with Crippen molar-refractivity contribution in [1.82, 2.24) is 37.2 Å². The predicted molar refractivity (Wildman–Crippen MR) is 564 cm³/mol. The summed E-state index contributed by atoms with van der Waals surface area (Å²) >= 11 is 6.46. The van der Waals surface area contributed by atoms with Crippen molar-refractivity contribution in [3.8, 4) is 0 Å². The van der Waals surface area contributed by atoms with E-state index in [1.165, 1.54) is 37.0 Å². The van der Waals surface area contributed by atoms with E-state index in [1.54, 1.807) is 12.1 Å². The van der Waals surface area contributed by atoms with Gasteiger partial charge >= 0.3 is 0 Å². The Balaban J connectivity index is -0.000000326. The van der Waals surface area contributed by atoms with E-state index >= 15 is 0 Å². The molecule has 4 amide bonds. The van der Waals surface area contributed by atoms with Crippen molar-refractivity contribution < 1.29 is 33.6 Å². The highest BCUT2D eigenvalue weighted by atomic mass is 32.2. The summed E-state index contributed by atoms with van der Waals surface area (Å²) in [5, 5.41) is 21.9. The molecule has 1 aliphatic rings. The second-order valence-corrected chi connectivity index (χ2v) is 57.1. The van der Waals surface area contributed by atoms with E-state index in [-0.39, 0.29) is 129 Å². The third kappa shape index (κ3) is 80.3. The van der Waals surface area contributed by atoms with Crippen LogP contribution in [0.25, 0.3) is 0 Å². The molecule has 1 aromatic carbocycles.